The molecule has 178 valence electrons. The van der Waals surface area contributed by atoms with Gasteiger partial charge in [0.2, 0.25) is 5.88 Å². The third kappa shape index (κ3) is 5.78. The molecule has 3 rings (SSSR count). The zero-order valence-electron chi connectivity index (χ0n) is 18.9. The Morgan fingerprint density at radius 2 is 2.06 bits per heavy atom. The number of ether oxygens (including phenoxy) is 1. The maximum atomic E-state index is 13.0. The fourth-order valence-electron chi connectivity index (χ4n) is 3.53. The number of aryl methyl sites for hydroxylation is 1. The van der Waals surface area contributed by atoms with Gasteiger partial charge in [-0.05, 0) is 45.6 Å². The van der Waals surface area contributed by atoms with Crippen LogP contribution in [0, 0.1) is 6.92 Å². The molecule has 3 heterocycles. The van der Waals surface area contributed by atoms with E-state index in [9.17, 15) is 22.8 Å². The third-order valence-corrected chi connectivity index (χ3v) is 5.31. The van der Waals surface area contributed by atoms with Crippen LogP contribution in [0.25, 0.3) is 0 Å². The van der Waals surface area contributed by atoms with Crippen LogP contribution in [0.2, 0.25) is 0 Å². The third-order valence-electron chi connectivity index (χ3n) is 5.31. The minimum Gasteiger partial charge on any atom is -0.468 e. The molecule has 1 unspecified atom stereocenters. The lowest BCUT2D eigenvalue weighted by Gasteiger charge is -2.25. The highest BCUT2D eigenvalue weighted by Gasteiger charge is 2.35. The lowest BCUT2D eigenvalue weighted by atomic mass is 10.1. The largest absolute Gasteiger partial charge is 0.468 e. The molecule has 0 bridgehead atoms. The van der Waals surface area contributed by atoms with Crippen molar-refractivity contribution in [1.82, 2.24) is 25.1 Å². The summed E-state index contributed by atoms with van der Waals surface area (Å²) in [7, 11) is 3.79. The molecule has 1 atom stereocenters. The van der Waals surface area contributed by atoms with Gasteiger partial charge >= 0.3 is 6.18 Å². The van der Waals surface area contributed by atoms with Crippen molar-refractivity contribution in [2.24, 2.45) is 0 Å². The smallest absolute Gasteiger partial charge is 0.422 e. The number of carbonyl (C=O) groups is 2. The zero-order chi connectivity index (χ0) is 24.3. The van der Waals surface area contributed by atoms with Gasteiger partial charge in [-0.15, -0.1) is 0 Å². The molecule has 1 aliphatic heterocycles. The van der Waals surface area contributed by atoms with E-state index in [0.717, 1.165) is 0 Å². The number of hydrogen-bond acceptors (Lipinski definition) is 6. The quantitative estimate of drug-likeness (QED) is 0.645. The molecular weight excluding hydrogens is 439 g/mol. The van der Waals surface area contributed by atoms with Crippen LogP contribution in [0.5, 0.6) is 5.88 Å². The Morgan fingerprint density at radius 1 is 1.33 bits per heavy atom. The van der Waals surface area contributed by atoms with Gasteiger partial charge in [0.05, 0.1) is 6.04 Å². The summed E-state index contributed by atoms with van der Waals surface area (Å²) >= 11 is 0. The van der Waals surface area contributed by atoms with Gasteiger partial charge in [0, 0.05) is 48.7 Å². The average Bonchev–Trinajstić information content (AvgIpc) is 3.08. The van der Waals surface area contributed by atoms with E-state index >= 15 is 0 Å². The summed E-state index contributed by atoms with van der Waals surface area (Å²) in [5.74, 6) is -0.711. The number of aromatic nitrogens is 2. The average molecular weight is 465 g/mol. The number of fused-ring (bicyclic) bond motifs is 1. The first kappa shape index (κ1) is 24.4. The van der Waals surface area contributed by atoms with Gasteiger partial charge in [-0.3, -0.25) is 14.6 Å². The minimum atomic E-state index is -4.46. The molecular formula is C22H26F3N5O3. The number of halogens is 3. The number of hydrogen-bond donors (Lipinski definition) is 1. The topological polar surface area (TPSA) is 87.7 Å². The van der Waals surface area contributed by atoms with Crippen LogP contribution in [0.15, 0.2) is 24.5 Å². The number of alkyl halides is 3. The highest BCUT2D eigenvalue weighted by molar-refractivity contribution is 6.03. The Bertz CT molecular complexity index is 1040. The molecule has 0 aromatic carbocycles. The fourth-order valence-corrected chi connectivity index (χ4v) is 3.53. The molecule has 33 heavy (non-hydrogen) atoms. The highest BCUT2D eigenvalue weighted by Crippen LogP contribution is 2.33. The number of nitrogens with zero attached hydrogens (tertiary/aromatic N) is 4. The van der Waals surface area contributed by atoms with Crippen LogP contribution >= 0.6 is 0 Å². The van der Waals surface area contributed by atoms with Gasteiger partial charge in [0.1, 0.15) is 5.69 Å². The number of pyridine rings is 2. The Morgan fingerprint density at radius 3 is 2.70 bits per heavy atom. The van der Waals surface area contributed by atoms with E-state index in [1.807, 2.05) is 19.0 Å². The van der Waals surface area contributed by atoms with Gasteiger partial charge in [-0.25, -0.2) is 4.98 Å². The second-order valence-electron chi connectivity index (χ2n) is 8.15. The monoisotopic (exact) mass is 465 g/mol. The molecule has 0 saturated heterocycles. The minimum absolute atomic E-state index is 0.111. The fraction of sp³-hybridized carbons (Fsp3) is 0.455. The Hall–Kier alpha value is -3.21. The van der Waals surface area contributed by atoms with Crippen LogP contribution in [0.3, 0.4) is 0 Å². The molecule has 1 N–H and O–H groups in total. The standard InChI is InChI=1S/C22H26F3N5O3/c1-13-9-15(10-28-20(13)33-12-22(23,24)25)14(2)30-11-17-16(21(30)32)5-6-26-18(17)19(31)27-7-8-29(3)4/h5-6,9-10,14H,7-8,11-12H2,1-4H3,(H,27,31). The molecule has 11 heteroatoms. The van der Waals surface area contributed by atoms with Crippen molar-refractivity contribution in [2.45, 2.75) is 32.6 Å². The van der Waals surface area contributed by atoms with Crippen LogP contribution in [-0.2, 0) is 6.54 Å². The van der Waals surface area contributed by atoms with E-state index < -0.39 is 18.8 Å². The van der Waals surface area contributed by atoms with E-state index in [2.05, 4.69) is 15.3 Å². The molecule has 0 aliphatic carbocycles. The van der Waals surface area contributed by atoms with E-state index in [-0.39, 0.29) is 29.9 Å². The molecule has 0 fully saturated rings. The summed E-state index contributed by atoms with van der Waals surface area (Å²) < 4.78 is 42.0. The zero-order valence-corrected chi connectivity index (χ0v) is 18.9. The second-order valence-corrected chi connectivity index (χ2v) is 8.15. The number of carbonyl (C=O) groups excluding carboxylic acids is 2. The molecule has 2 aromatic heterocycles. The van der Waals surface area contributed by atoms with Crippen molar-refractivity contribution in [3.8, 4) is 5.88 Å². The molecule has 1 aliphatic rings. The first-order valence-electron chi connectivity index (χ1n) is 10.4. The van der Waals surface area contributed by atoms with Crippen molar-refractivity contribution >= 4 is 11.8 Å². The van der Waals surface area contributed by atoms with Gasteiger partial charge < -0.3 is 19.9 Å². The van der Waals surface area contributed by atoms with Gasteiger partial charge in [0.25, 0.3) is 11.8 Å². The first-order valence-corrected chi connectivity index (χ1v) is 10.4. The summed E-state index contributed by atoms with van der Waals surface area (Å²) in [4.78, 5) is 37.4. The van der Waals surface area contributed by atoms with Crippen LogP contribution < -0.4 is 10.1 Å². The summed E-state index contributed by atoms with van der Waals surface area (Å²) in [6.45, 7) is 3.25. The SMILES string of the molecule is Cc1cc(C(C)N2Cc3c(ccnc3C(=O)NCCN(C)C)C2=O)cnc1OCC(F)(F)F. The normalized spacial score (nSPS) is 14.4. The molecule has 8 nitrogen and oxygen atoms in total. The van der Waals surface area contributed by atoms with Gasteiger partial charge in [0.15, 0.2) is 6.61 Å². The van der Waals surface area contributed by atoms with Crippen LogP contribution in [0.4, 0.5) is 13.2 Å². The summed E-state index contributed by atoms with van der Waals surface area (Å²) in [6, 6.07) is 2.79. The van der Waals surface area contributed by atoms with Gasteiger partial charge in [-0.1, -0.05) is 0 Å². The Kier molecular flexibility index (Phi) is 7.21. The van der Waals surface area contributed by atoms with Crippen molar-refractivity contribution in [2.75, 3.05) is 33.8 Å². The summed E-state index contributed by atoms with van der Waals surface area (Å²) in [5.41, 5.74) is 2.23. The summed E-state index contributed by atoms with van der Waals surface area (Å²) in [6.07, 6.45) is -1.63. The van der Waals surface area contributed by atoms with E-state index in [1.165, 1.54) is 12.4 Å². The van der Waals surface area contributed by atoms with Crippen molar-refractivity contribution in [3.05, 3.63) is 52.5 Å². The van der Waals surface area contributed by atoms with E-state index in [0.29, 0.717) is 35.3 Å². The number of rotatable bonds is 8. The molecule has 0 radical (unpaired) electrons. The highest BCUT2D eigenvalue weighted by atomic mass is 19.4. The van der Waals surface area contributed by atoms with Crippen molar-refractivity contribution in [1.29, 1.82) is 0 Å². The molecule has 2 amide bonds. The molecule has 0 spiro atoms. The maximum absolute atomic E-state index is 13.0. The van der Waals surface area contributed by atoms with E-state index in [1.54, 1.807) is 30.9 Å². The Labute approximate surface area is 189 Å². The van der Waals surface area contributed by atoms with E-state index in [4.69, 9.17) is 4.74 Å². The van der Waals surface area contributed by atoms with Gasteiger partial charge in [-0.2, -0.15) is 13.2 Å². The number of likely N-dealkylation sites (N-methyl/N-ethyl adjacent to an activating group) is 1. The van der Waals surface area contributed by atoms with Crippen LogP contribution in [-0.4, -0.2) is 71.6 Å². The maximum Gasteiger partial charge on any atom is 0.422 e. The van der Waals surface area contributed by atoms with Crippen LogP contribution in [0.1, 0.15) is 50.5 Å². The second kappa shape index (κ2) is 9.74. The first-order chi connectivity index (χ1) is 15.5. The predicted molar refractivity (Wildman–Crippen MR) is 114 cm³/mol. The Balaban J connectivity index is 1.76. The lowest BCUT2D eigenvalue weighted by molar-refractivity contribution is -0.154. The molecule has 2 aromatic rings. The number of amides is 2. The van der Waals surface area contributed by atoms with Crippen molar-refractivity contribution < 1.29 is 27.5 Å². The predicted octanol–water partition coefficient (Wildman–Crippen LogP) is 2.73. The van der Waals surface area contributed by atoms with Crippen molar-refractivity contribution in [3.63, 3.8) is 0 Å². The summed E-state index contributed by atoms with van der Waals surface area (Å²) in [5, 5.41) is 2.81. The lowest BCUT2D eigenvalue weighted by Crippen LogP contribution is -2.32. The molecule has 0 saturated carbocycles. The number of nitrogens with one attached hydrogen (secondary N) is 1.